The monoisotopic (exact) mass is 606 g/mol. The van der Waals surface area contributed by atoms with Gasteiger partial charge in [-0.05, 0) is 62.3 Å². The molecule has 1 amide bonds. The summed E-state index contributed by atoms with van der Waals surface area (Å²) in [6.45, 7) is 9.02. The smallest absolute Gasteiger partial charge is 0.263 e. The van der Waals surface area contributed by atoms with Crippen molar-refractivity contribution in [3.8, 4) is 11.1 Å². The second-order valence-corrected chi connectivity index (χ2v) is 13.3. The van der Waals surface area contributed by atoms with Crippen molar-refractivity contribution >= 4 is 27.6 Å². The SMILES string of the molecule is CCCCC1=NC2(CCCC2)C(=O)N1Cc1ccc(-c2ccccc2S(=O)(=O)Nc2noc(C)c2C)c(COCCC)c1. The van der Waals surface area contributed by atoms with Gasteiger partial charge in [0.05, 0.1) is 18.0 Å². The molecule has 1 saturated carbocycles. The quantitative estimate of drug-likeness (QED) is 0.211. The van der Waals surface area contributed by atoms with Crippen LogP contribution in [0.2, 0.25) is 0 Å². The van der Waals surface area contributed by atoms with Gasteiger partial charge in [0.2, 0.25) is 0 Å². The lowest BCUT2D eigenvalue weighted by Crippen LogP contribution is -2.40. The highest BCUT2D eigenvalue weighted by Crippen LogP contribution is 2.40. The van der Waals surface area contributed by atoms with Gasteiger partial charge in [-0.3, -0.25) is 19.4 Å². The van der Waals surface area contributed by atoms with Gasteiger partial charge in [-0.1, -0.05) is 74.7 Å². The zero-order valence-electron chi connectivity index (χ0n) is 25.6. The topological polar surface area (TPSA) is 114 Å². The summed E-state index contributed by atoms with van der Waals surface area (Å²) in [5.74, 6) is 1.73. The second-order valence-electron chi connectivity index (χ2n) is 11.6. The maximum atomic E-state index is 13.7. The van der Waals surface area contributed by atoms with Crippen LogP contribution >= 0.6 is 0 Å². The van der Waals surface area contributed by atoms with Gasteiger partial charge in [0, 0.05) is 24.2 Å². The third-order valence-electron chi connectivity index (χ3n) is 8.45. The van der Waals surface area contributed by atoms with E-state index >= 15 is 0 Å². The van der Waals surface area contributed by atoms with E-state index in [0.717, 1.165) is 73.9 Å². The van der Waals surface area contributed by atoms with Crippen LogP contribution in [0.25, 0.3) is 11.1 Å². The number of sulfonamides is 1. The summed E-state index contributed by atoms with van der Waals surface area (Å²) in [7, 11) is -3.99. The van der Waals surface area contributed by atoms with Crippen LogP contribution in [0, 0.1) is 13.8 Å². The first-order chi connectivity index (χ1) is 20.7. The first-order valence-corrected chi connectivity index (χ1v) is 16.8. The predicted molar refractivity (Wildman–Crippen MR) is 167 cm³/mol. The van der Waals surface area contributed by atoms with Crippen molar-refractivity contribution in [2.24, 2.45) is 4.99 Å². The minimum Gasteiger partial charge on any atom is -0.377 e. The molecule has 1 N–H and O–H groups in total. The first-order valence-electron chi connectivity index (χ1n) is 15.3. The minimum absolute atomic E-state index is 0.116. The number of carbonyl (C=O) groups excluding carboxylic acids is 1. The Morgan fingerprint density at radius 3 is 2.51 bits per heavy atom. The van der Waals surface area contributed by atoms with Crippen molar-refractivity contribution in [2.45, 2.75) is 103 Å². The Kier molecular flexibility index (Phi) is 9.36. The van der Waals surface area contributed by atoms with Crippen LogP contribution in [-0.4, -0.2) is 42.4 Å². The van der Waals surface area contributed by atoms with E-state index in [1.807, 2.05) is 36.1 Å². The van der Waals surface area contributed by atoms with E-state index in [1.165, 1.54) is 0 Å². The number of nitrogens with one attached hydrogen (secondary N) is 1. The van der Waals surface area contributed by atoms with E-state index in [4.69, 9.17) is 14.3 Å². The van der Waals surface area contributed by atoms with Gasteiger partial charge in [0.1, 0.15) is 17.1 Å². The Labute approximate surface area is 254 Å². The molecule has 1 spiro atoms. The van der Waals surface area contributed by atoms with E-state index < -0.39 is 15.6 Å². The number of amidine groups is 1. The molecule has 1 aliphatic carbocycles. The van der Waals surface area contributed by atoms with Gasteiger partial charge < -0.3 is 9.26 Å². The average Bonchev–Trinajstić information content (AvgIpc) is 3.67. The maximum Gasteiger partial charge on any atom is 0.263 e. The molecule has 2 aromatic carbocycles. The number of nitrogens with zero attached hydrogens (tertiary/aromatic N) is 3. The molecular formula is C33H42N4O5S. The molecule has 0 bridgehead atoms. The Morgan fingerprint density at radius 2 is 1.81 bits per heavy atom. The number of ether oxygens (including phenoxy) is 1. The van der Waals surface area contributed by atoms with Crippen LogP contribution in [0.4, 0.5) is 5.82 Å². The van der Waals surface area contributed by atoms with E-state index in [-0.39, 0.29) is 16.6 Å². The molecule has 43 heavy (non-hydrogen) atoms. The van der Waals surface area contributed by atoms with Gasteiger partial charge in [0.15, 0.2) is 5.82 Å². The summed E-state index contributed by atoms with van der Waals surface area (Å²) in [6.07, 6.45) is 7.38. The summed E-state index contributed by atoms with van der Waals surface area (Å²) >= 11 is 0. The largest absolute Gasteiger partial charge is 0.377 e. The minimum atomic E-state index is -3.99. The third-order valence-corrected chi connectivity index (χ3v) is 9.85. The molecular weight excluding hydrogens is 564 g/mol. The molecule has 0 atom stereocenters. The van der Waals surface area contributed by atoms with Crippen LogP contribution in [0.5, 0.6) is 0 Å². The first kappa shape index (κ1) is 30.9. The van der Waals surface area contributed by atoms with E-state index in [0.29, 0.717) is 36.6 Å². The molecule has 1 aromatic heterocycles. The zero-order valence-corrected chi connectivity index (χ0v) is 26.4. The number of aromatic nitrogens is 1. The number of anilines is 1. The Hall–Kier alpha value is -3.50. The number of aliphatic imine (C=N–C) groups is 1. The number of unbranched alkanes of at least 4 members (excludes halogenated alkanes) is 1. The number of amides is 1. The third kappa shape index (κ3) is 6.40. The van der Waals surface area contributed by atoms with Crippen LogP contribution in [-0.2, 0) is 32.7 Å². The van der Waals surface area contributed by atoms with Crippen molar-refractivity contribution < 1.29 is 22.5 Å². The Morgan fingerprint density at radius 1 is 1.05 bits per heavy atom. The molecule has 5 rings (SSSR count). The Bertz CT molecular complexity index is 1600. The normalized spacial score (nSPS) is 16.3. The average molecular weight is 607 g/mol. The fourth-order valence-corrected chi connectivity index (χ4v) is 7.23. The number of hydrogen-bond donors (Lipinski definition) is 1. The number of rotatable bonds is 13. The molecule has 3 aromatic rings. The Balaban J connectivity index is 1.49. The fraction of sp³-hybridized carbons (Fsp3) is 0.485. The predicted octanol–water partition coefficient (Wildman–Crippen LogP) is 6.93. The number of aryl methyl sites for hydroxylation is 1. The molecule has 2 heterocycles. The molecule has 0 saturated heterocycles. The highest BCUT2D eigenvalue weighted by Gasteiger charge is 2.49. The summed E-state index contributed by atoms with van der Waals surface area (Å²) < 4.78 is 41.0. The molecule has 230 valence electrons. The van der Waals surface area contributed by atoms with Crippen LogP contribution in [0.3, 0.4) is 0 Å². The summed E-state index contributed by atoms with van der Waals surface area (Å²) in [4.78, 5) is 20.8. The van der Waals surface area contributed by atoms with E-state index in [1.54, 1.807) is 32.0 Å². The van der Waals surface area contributed by atoms with E-state index in [2.05, 4.69) is 16.8 Å². The van der Waals surface area contributed by atoms with Gasteiger partial charge in [-0.25, -0.2) is 8.42 Å². The molecule has 9 nitrogen and oxygen atoms in total. The van der Waals surface area contributed by atoms with Crippen molar-refractivity contribution in [3.63, 3.8) is 0 Å². The lowest BCUT2D eigenvalue weighted by Gasteiger charge is -2.23. The molecule has 0 unspecified atom stereocenters. The van der Waals surface area contributed by atoms with Crippen LogP contribution < -0.4 is 4.72 Å². The lowest BCUT2D eigenvalue weighted by molar-refractivity contribution is -0.131. The maximum absolute atomic E-state index is 13.7. The van der Waals surface area contributed by atoms with Crippen molar-refractivity contribution in [3.05, 3.63) is 64.9 Å². The van der Waals surface area contributed by atoms with Crippen molar-refractivity contribution in [1.82, 2.24) is 10.1 Å². The van der Waals surface area contributed by atoms with Gasteiger partial charge in [-0.2, -0.15) is 0 Å². The van der Waals surface area contributed by atoms with Crippen molar-refractivity contribution in [1.29, 1.82) is 0 Å². The summed E-state index contributed by atoms with van der Waals surface area (Å²) in [6, 6.07) is 12.9. The molecule has 0 radical (unpaired) electrons. The molecule has 1 aliphatic heterocycles. The van der Waals surface area contributed by atoms with Gasteiger partial charge in [-0.15, -0.1) is 0 Å². The number of benzene rings is 2. The summed E-state index contributed by atoms with van der Waals surface area (Å²) in [5, 5.41) is 3.89. The highest BCUT2D eigenvalue weighted by atomic mass is 32.2. The molecule has 10 heteroatoms. The summed E-state index contributed by atoms with van der Waals surface area (Å²) in [5.41, 5.74) is 3.18. The lowest BCUT2D eigenvalue weighted by atomic mass is 9.96. The molecule has 2 aliphatic rings. The molecule has 1 fully saturated rings. The highest BCUT2D eigenvalue weighted by molar-refractivity contribution is 7.92. The van der Waals surface area contributed by atoms with Gasteiger partial charge in [0.25, 0.3) is 15.9 Å². The fourth-order valence-electron chi connectivity index (χ4n) is 5.95. The van der Waals surface area contributed by atoms with E-state index in [9.17, 15) is 13.2 Å². The van der Waals surface area contributed by atoms with Crippen LogP contribution in [0.1, 0.15) is 87.7 Å². The second kappa shape index (κ2) is 13.0. The number of carbonyl (C=O) groups is 1. The van der Waals surface area contributed by atoms with Gasteiger partial charge >= 0.3 is 0 Å². The number of hydrogen-bond acceptors (Lipinski definition) is 7. The standard InChI is InChI=1S/C33H42N4O5S/c1-5-7-14-30-34-33(17-10-11-18-33)32(38)37(30)21-25-15-16-27(26(20-25)22-41-19-6-2)28-12-8-9-13-29(28)43(39,40)36-31-23(3)24(4)42-35-31/h8-9,12-13,15-16,20H,5-7,10-11,14,17-19,21-22H2,1-4H3,(H,35,36). The zero-order chi connectivity index (χ0) is 30.6. The van der Waals surface area contributed by atoms with Crippen molar-refractivity contribution in [2.75, 3.05) is 11.3 Å². The van der Waals surface area contributed by atoms with Crippen LogP contribution in [0.15, 0.2) is 56.9 Å².